The van der Waals surface area contributed by atoms with Gasteiger partial charge in [-0.3, -0.25) is 4.90 Å². The van der Waals surface area contributed by atoms with E-state index < -0.39 is 5.60 Å². The van der Waals surface area contributed by atoms with E-state index >= 15 is 0 Å². The van der Waals surface area contributed by atoms with Crippen LogP contribution in [-0.4, -0.2) is 29.2 Å². The van der Waals surface area contributed by atoms with Gasteiger partial charge in [-0.2, -0.15) is 0 Å². The fourth-order valence-corrected chi connectivity index (χ4v) is 1.90. The molecule has 21 heavy (non-hydrogen) atoms. The third-order valence-electron chi connectivity index (χ3n) is 2.98. The molecular weight excluding hydrogens is 264 g/mol. The minimum absolute atomic E-state index is 0.287. The van der Waals surface area contributed by atoms with Crippen molar-refractivity contribution in [1.82, 2.24) is 4.90 Å². The first-order valence-electron chi connectivity index (χ1n) is 7.30. The molecule has 0 heterocycles. The lowest BCUT2D eigenvalue weighted by atomic mass is 10.0. The van der Waals surface area contributed by atoms with Crippen LogP contribution in [0.1, 0.15) is 47.1 Å². The molecule has 1 aromatic carbocycles. The first kappa shape index (κ1) is 17.3. The average Bonchev–Trinajstić information content (AvgIpc) is 2.32. The summed E-state index contributed by atoms with van der Waals surface area (Å²) in [5.41, 5.74) is 1.30. The Morgan fingerprint density at radius 2 is 1.81 bits per heavy atom. The zero-order valence-corrected chi connectivity index (χ0v) is 14.3. The van der Waals surface area contributed by atoms with Crippen LogP contribution in [0, 0.1) is 0 Å². The molecule has 4 nitrogen and oxygen atoms in total. The summed E-state index contributed by atoms with van der Waals surface area (Å²) in [5.74, 6) is 0. The van der Waals surface area contributed by atoms with Crippen LogP contribution >= 0.6 is 0 Å². The molecular formula is C17H28N2O2. The summed E-state index contributed by atoms with van der Waals surface area (Å²) < 4.78 is 5.53. The van der Waals surface area contributed by atoms with Crippen LogP contribution in [0.3, 0.4) is 0 Å². The molecule has 0 radical (unpaired) electrons. The Bertz CT molecular complexity index is 484. The normalized spacial score (nSPS) is 12.0. The van der Waals surface area contributed by atoms with Gasteiger partial charge in [0.1, 0.15) is 5.60 Å². The topological polar surface area (TPSA) is 41.6 Å². The van der Waals surface area contributed by atoms with Gasteiger partial charge in [-0.1, -0.05) is 12.1 Å². The van der Waals surface area contributed by atoms with Crippen LogP contribution in [0.5, 0.6) is 0 Å². The summed E-state index contributed by atoms with van der Waals surface area (Å²) in [4.78, 5) is 14.2. The van der Waals surface area contributed by atoms with Gasteiger partial charge >= 0.3 is 6.09 Å². The first-order chi connectivity index (χ1) is 9.53. The second kappa shape index (κ2) is 6.37. The van der Waals surface area contributed by atoms with Gasteiger partial charge in [0.2, 0.25) is 0 Å². The molecule has 1 amide bonds. The highest BCUT2D eigenvalue weighted by Crippen LogP contribution is 2.22. The predicted molar refractivity (Wildman–Crippen MR) is 87.5 cm³/mol. The molecule has 1 N–H and O–H groups in total. The maximum Gasteiger partial charge on any atom is 0.411 e. The van der Waals surface area contributed by atoms with Crippen molar-refractivity contribution in [3.8, 4) is 0 Å². The van der Waals surface area contributed by atoms with Crippen molar-refractivity contribution in [1.29, 1.82) is 0 Å². The summed E-state index contributed by atoms with van der Waals surface area (Å²) >= 11 is 0. The van der Waals surface area contributed by atoms with Crippen molar-refractivity contribution >= 4 is 11.8 Å². The van der Waals surface area contributed by atoms with E-state index in [0.717, 1.165) is 11.3 Å². The summed E-state index contributed by atoms with van der Waals surface area (Å²) in [5, 5.41) is 3.11. The lowest BCUT2D eigenvalue weighted by molar-refractivity contribution is 0.00372. The van der Waals surface area contributed by atoms with Crippen LogP contribution in [0.15, 0.2) is 24.3 Å². The van der Waals surface area contributed by atoms with E-state index in [-0.39, 0.29) is 11.6 Å². The molecule has 0 aromatic heterocycles. The Kier molecular flexibility index (Phi) is 5.26. The Labute approximate surface area is 128 Å². The minimum Gasteiger partial charge on any atom is -0.444 e. The van der Waals surface area contributed by atoms with Crippen LogP contribution in [-0.2, 0) is 11.3 Å². The number of carbonyl (C=O) groups is 1. The zero-order valence-electron chi connectivity index (χ0n) is 14.3. The number of hydrogen-bond acceptors (Lipinski definition) is 3. The molecule has 0 spiro atoms. The van der Waals surface area contributed by atoms with Crippen molar-refractivity contribution in [2.24, 2.45) is 0 Å². The van der Waals surface area contributed by atoms with E-state index in [1.807, 2.05) is 72.9 Å². The SMILES string of the molecule is CNc1cccc(CN(C(=O)OC(C)(C)C)C(C)(C)C)c1. The molecule has 4 heteroatoms. The van der Waals surface area contributed by atoms with E-state index in [4.69, 9.17) is 4.74 Å². The van der Waals surface area contributed by atoms with Gasteiger partial charge in [-0.25, -0.2) is 4.79 Å². The molecule has 1 aromatic rings. The second-order valence-electron chi connectivity index (χ2n) is 7.19. The fourth-order valence-electron chi connectivity index (χ4n) is 1.90. The number of amides is 1. The highest BCUT2D eigenvalue weighted by molar-refractivity contribution is 5.69. The monoisotopic (exact) mass is 292 g/mol. The van der Waals surface area contributed by atoms with E-state index in [9.17, 15) is 4.79 Å². The van der Waals surface area contributed by atoms with Crippen LogP contribution in [0.4, 0.5) is 10.5 Å². The molecule has 0 fully saturated rings. The fraction of sp³-hybridized carbons (Fsp3) is 0.588. The van der Waals surface area contributed by atoms with Gasteiger partial charge in [0.15, 0.2) is 0 Å². The molecule has 0 atom stereocenters. The standard InChI is InChI=1S/C17H28N2O2/c1-16(2,3)19(15(20)21-17(4,5)6)12-13-9-8-10-14(11-13)18-7/h8-11,18H,12H2,1-7H3. The number of ether oxygens (including phenoxy) is 1. The van der Waals surface area contributed by atoms with E-state index in [1.54, 1.807) is 4.90 Å². The van der Waals surface area contributed by atoms with Crippen LogP contribution < -0.4 is 5.32 Å². The average molecular weight is 292 g/mol. The van der Waals surface area contributed by atoms with Gasteiger partial charge in [-0.05, 0) is 59.2 Å². The maximum absolute atomic E-state index is 12.5. The molecule has 0 saturated carbocycles. The van der Waals surface area contributed by atoms with Crippen molar-refractivity contribution in [3.05, 3.63) is 29.8 Å². The molecule has 118 valence electrons. The summed E-state index contributed by atoms with van der Waals surface area (Å²) in [6.07, 6.45) is -0.287. The zero-order chi connectivity index (χ0) is 16.3. The lowest BCUT2D eigenvalue weighted by Crippen LogP contribution is -2.47. The molecule has 0 aliphatic rings. The minimum atomic E-state index is -0.493. The number of benzene rings is 1. The van der Waals surface area contributed by atoms with Gasteiger partial charge in [0, 0.05) is 24.8 Å². The van der Waals surface area contributed by atoms with Crippen molar-refractivity contribution in [3.63, 3.8) is 0 Å². The number of rotatable bonds is 3. The molecule has 0 aliphatic heterocycles. The molecule has 0 unspecified atom stereocenters. The van der Waals surface area contributed by atoms with Gasteiger partial charge < -0.3 is 10.1 Å². The third kappa shape index (κ3) is 5.66. The van der Waals surface area contributed by atoms with Gasteiger partial charge in [0.05, 0.1) is 0 Å². The number of nitrogens with zero attached hydrogens (tertiary/aromatic N) is 1. The molecule has 1 rings (SSSR count). The van der Waals surface area contributed by atoms with Gasteiger partial charge in [0.25, 0.3) is 0 Å². The highest BCUT2D eigenvalue weighted by atomic mass is 16.6. The smallest absolute Gasteiger partial charge is 0.411 e. The largest absolute Gasteiger partial charge is 0.444 e. The highest BCUT2D eigenvalue weighted by Gasteiger charge is 2.30. The van der Waals surface area contributed by atoms with Crippen molar-refractivity contribution < 1.29 is 9.53 Å². The Morgan fingerprint density at radius 1 is 1.19 bits per heavy atom. The van der Waals surface area contributed by atoms with E-state index in [0.29, 0.717) is 6.54 Å². The van der Waals surface area contributed by atoms with Crippen molar-refractivity contribution in [2.45, 2.75) is 59.2 Å². The molecule has 0 saturated heterocycles. The number of carbonyl (C=O) groups excluding carboxylic acids is 1. The van der Waals surface area contributed by atoms with E-state index in [2.05, 4.69) is 5.32 Å². The van der Waals surface area contributed by atoms with Crippen molar-refractivity contribution in [2.75, 3.05) is 12.4 Å². The summed E-state index contributed by atoms with van der Waals surface area (Å²) in [7, 11) is 1.88. The van der Waals surface area contributed by atoms with Crippen LogP contribution in [0.25, 0.3) is 0 Å². The van der Waals surface area contributed by atoms with E-state index in [1.165, 1.54) is 0 Å². The van der Waals surface area contributed by atoms with Crippen LogP contribution in [0.2, 0.25) is 0 Å². The molecule has 0 aliphatic carbocycles. The quantitative estimate of drug-likeness (QED) is 0.905. The summed E-state index contributed by atoms with van der Waals surface area (Å²) in [6.45, 7) is 12.2. The third-order valence-corrected chi connectivity index (χ3v) is 2.98. The Morgan fingerprint density at radius 3 is 2.29 bits per heavy atom. The lowest BCUT2D eigenvalue weighted by Gasteiger charge is -2.37. The molecule has 0 bridgehead atoms. The maximum atomic E-state index is 12.5. The summed E-state index contributed by atoms with van der Waals surface area (Å²) in [6, 6.07) is 8.04. The van der Waals surface area contributed by atoms with Gasteiger partial charge in [-0.15, -0.1) is 0 Å². The predicted octanol–water partition coefficient (Wildman–Crippen LogP) is 4.26. The first-order valence-corrected chi connectivity index (χ1v) is 7.30. The Hall–Kier alpha value is -1.71. The second-order valence-corrected chi connectivity index (χ2v) is 7.19. The Balaban J connectivity index is 2.96. The number of hydrogen-bond donors (Lipinski definition) is 1. The number of anilines is 1. The number of nitrogens with one attached hydrogen (secondary N) is 1.